The second kappa shape index (κ2) is 9.61. The lowest BCUT2D eigenvalue weighted by Crippen LogP contribution is -2.00. The van der Waals surface area contributed by atoms with E-state index < -0.39 is 0 Å². The van der Waals surface area contributed by atoms with Crippen molar-refractivity contribution in [3.63, 3.8) is 0 Å². The maximum absolute atomic E-state index is 5.87. The summed E-state index contributed by atoms with van der Waals surface area (Å²) in [6, 6.07) is 17.9. The van der Waals surface area contributed by atoms with Crippen LogP contribution in [0.3, 0.4) is 0 Å². The zero-order valence-corrected chi connectivity index (χ0v) is 13.2. The van der Waals surface area contributed by atoms with Crippen LogP contribution < -0.4 is 10.2 Å². The molecule has 0 amide bonds. The van der Waals surface area contributed by atoms with Crippen LogP contribution in [0.4, 0.5) is 5.69 Å². The van der Waals surface area contributed by atoms with Crippen molar-refractivity contribution in [3.8, 4) is 5.75 Å². The normalized spacial score (nSPS) is 10.8. The van der Waals surface area contributed by atoms with E-state index in [0.717, 1.165) is 30.0 Å². The van der Waals surface area contributed by atoms with Gasteiger partial charge in [0.15, 0.2) is 0 Å². The molecule has 3 nitrogen and oxygen atoms in total. The highest BCUT2D eigenvalue weighted by atomic mass is 16.5. The fourth-order valence-electron chi connectivity index (χ4n) is 2.12. The standard InChI is InChI=1S/C19H24N2O/c1-2-3-4-10-15-22-19-14-9-8-11-17(19)16-20-21-18-12-6-5-7-13-18/h5-9,11-14,16,21H,2-4,10,15H2,1H3. The van der Waals surface area contributed by atoms with Crippen LogP contribution in [-0.4, -0.2) is 12.8 Å². The van der Waals surface area contributed by atoms with Crippen molar-refractivity contribution in [1.82, 2.24) is 0 Å². The summed E-state index contributed by atoms with van der Waals surface area (Å²) in [5, 5.41) is 4.28. The summed E-state index contributed by atoms with van der Waals surface area (Å²) in [7, 11) is 0. The number of anilines is 1. The summed E-state index contributed by atoms with van der Waals surface area (Å²) < 4.78 is 5.87. The van der Waals surface area contributed by atoms with Crippen LogP contribution in [0.5, 0.6) is 5.75 Å². The Hall–Kier alpha value is -2.29. The molecule has 0 spiro atoms. The highest BCUT2D eigenvalue weighted by molar-refractivity contribution is 5.83. The van der Waals surface area contributed by atoms with Gasteiger partial charge >= 0.3 is 0 Å². The molecule has 2 aromatic rings. The first kappa shape index (κ1) is 16.1. The molecule has 22 heavy (non-hydrogen) atoms. The minimum atomic E-state index is 0.761. The zero-order valence-electron chi connectivity index (χ0n) is 13.2. The number of para-hydroxylation sites is 2. The zero-order chi connectivity index (χ0) is 15.5. The molecule has 0 fully saturated rings. The van der Waals surface area contributed by atoms with Crippen LogP contribution >= 0.6 is 0 Å². The molecule has 0 bridgehead atoms. The first-order valence-electron chi connectivity index (χ1n) is 7.96. The maximum Gasteiger partial charge on any atom is 0.128 e. The number of hydrogen-bond donors (Lipinski definition) is 1. The van der Waals surface area contributed by atoms with E-state index in [4.69, 9.17) is 4.74 Å². The number of nitrogens with zero attached hydrogens (tertiary/aromatic N) is 1. The summed E-state index contributed by atoms with van der Waals surface area (Å²) in [5.74, 6) is 0.887. The van der Waals surface area contributed by atoms with Crippen LogP contribution in [0, 0.1) is 0 Å². The van der Waals surface area contributed by atoms with Crippen LogP contribution in [-0.2, 0) is 0 Å². The predicted octanol–water partition coefficient (Wildman–Crippen LogP) is 5.09. The second-order valence-electron chi connectivity index (χ2n) is 5.18. The Balaban J connectivity index is 1.87. The third-order valence-electron chi connectivity index (χ3n) is 3.35. The van der Waals surface area contributed by atoms with E-state index >= 15 is 0 Å². The summed E-state index contributed by atoms with van der Waals surface area (Å²) >= 11 is 0. The molecule has 0 aliphatic rings. The third-order valence-corrected chi connectivity index (χ3v) is 3.35. The molecule has 2 aromatic carbocycles. The Labute approximate surface area is 133 Å². The molecule has 0 aliphatic heterocycles. The highest BCUT2D eigenvalue weighted by Gasteiger charge is 2.00. The van der Waals surface area contributed by atoms with E-state index in [2.05, 4.69) is 17.5 Å². The summed E-state index contributed by atoms with van der Waals surface area (Å²) in [6.45, 7) is 2.98. The molecule has 2 rings (SSSR count). The van der Waals surface area contributed by atoms with E-state index in [1.165, 1.54) is 19.3 Å². The van der Waals surface area contributed by atoms with Gasteiger partial charge in [0.1, 0.15) is 5.75 Å². The van der Waals surface area contributed by atoms with E-state index in [9.17, 15) is 0 Å². The minimum Gasteiger partial charge on any atom is -0.493 e. The van der Waals surface area contributed by atoms with Gasteiger partial charge in [-0.25, -0.2) is 0 Å². The molecular formula is C19H24N2O. The van der Waals surface area contributed by atoms with Crippen molar-refractivity contribution in [3.05, 3.63) is 60.2 Å². The number of rotatable bonds is 9. The van der Waals surface area contributed by atoms with Crippen LogP contribution in [0.25, 0.3) is 0 Å². The Morgan fingerprint density at radius 3 is 2.55 bits per heavy atom. The van der Waals surface area contributed by atoms with E-state index in [-0.39, 0.29) is 0 Å². The van der Waals surface area contributed by atoms with Crippen molar-refractivity contribution in [2.75, 3.05) is 12.0 Å². The van der Waals surface area contributed by atoms with Gasteiger partial charge < -0.3 is 4.74 Å². The van der Waals surface area contributed by atoms with Gasteiger partial charge in [-0.15, -0.1) is 0 Å². The highest BCUT2D eigenvalue weighted by Crippen LogP contribution is 2.16. The Bertz CT molecular complexity index is 567. The van der Waals surface area contributed by atoms with Gasteiger partial charge in [0, 0.05) is 5.56 Å². The van der Waals surface area contributed by atoms with Crippen LogP contribution in [0.1, 0.15) is 38.2 Å². The molecule has 0 saturated heterocycles. The molecule has 3 heteroatoms. The van der Waals surface area contributed by atoms with Crippen molar-refractivity contribution < 1.29 is 4.74 Å². The van der Waals surface area contributed by atoms with Gasteiger partial charge in [0.05, 0.1) is 18.5 Å². The molecule has 0 unspecified atom stereocenters. The van der Waals surface area contributed by atoms with E-state index in [1.54, 1.807) is 6.21 Å². The quantitative estimate of drug-likeness (QED) is 0.397. The Kier molecular flexibility index (Phi) is 7.03. The monoisotopic (exact) mass is 296 g/mol. The lowest BCUT2D eigenvalue weighted by molar-refractivity contribution is 0.304. The molecule has 0 aliphatic carbocycles. The van der Waals surface area contributed by atoms with Gasteiger partial charge in [-0.2, -0.15) is 5.10 Å². The van der Waals surface area contributed by atoms with Crippen molar-refractivity contribution in [2.24, 2.45) is 5.10 Å². The lowest BCUT2D eigenvalue weighted by Gasteiger charge is -2.08. The van der Waals surface area contributed by atoms with Crippen molar-refractivity contribution in [1.29, 1.82) is 0 Å². The third kappa shape index (κ3) is 5.60. The first-order chi connectivity index (χ1) is 10.9. The van der Waals surface area contributed by atoms with Gasteiger partial charge in [-0.05, 0) is 30.7 Å². The maximum atomic E-state index is 5.87. The number of ether oxygens (including phenoxy) is 1. The van der Waals surface area contributed by atoms with Gasteiger partial charge in [0.25, 0.3) is 0 Å². The van der Waals surface area contributed by atoms with Gasteiger partial charge in [-0.3, -0.25) is 5.43 Å². The van der Waals surface area contributed by atoms with Gasteiger partial charge in [0.2, 0.25) is 0 Å². The fraction of sp³-hybridized carbons (Fsp3) is 0.316. The Morgan fingerprint density at radius 2 is 1.73 bits per heavy atom. The second-order valence-corrected chi connectivity index (χ2v) is 5.18. The van der Waals surface area contributed by atoms with Crippen LogP contribution in [0.15, 0.2) is 59.7 Å². The number of nitrogens with one attached hydrogen (secondary N) is 1. The molecule has 0 radical (unpaired) electrons. The molecule has 1 N–H and O–H groups in total. The average molecular weight is 296 g/mol. The van der Waals surface area contributed by atoms with Crippen molar-refractivity contribution >= 4 is 11.9 Å². The predicted molar refractivity (Wildman–Crippen MR) is 93.7 cm³/mol. The van der Waals surface area contributed by atoms with E-state index in [1.807, 2.05) is 54.6 Å². The van der Waals surface area contributed by atoms with Crippen molar-refractivity contribution in [2.45, 2.75) is 32.6 Å². The van der Waals surface area contributed by atoms with E-state index in [0.29, 0.717) is 0 Å². The molecule has 0 saturated carbocycles. The minimum absolute atomic E-state index is 0.761. The smallest absolute Gasteiger partial charge is 0.128 e. The first-order valence-corrected chi connectivity index (χ1v) is 7.96. The lowest BCUT2D eigenvalue weighted by atomic mass is 10.2. The SMILES string of the molecule is CCCCCCOc1ccccc1C=NNc1ccccc1. The fourth-order valence-corrected chi connectivity index (χ4v) is 2.12. The van der Waals surface area contributed by atoms with Crippen LogP contribution in [0.2, 0.25) is 0 Å². The number of benzene rings is 2. The summed E-state index contributed by atoms with van der Waals surface area (Å²) in [4.78, 5) is 0. The number of hydrogen-bond acceptors (Lipinski definition) is 3. The average Bonchev–Trinajstić information content (AvgIpc) is 2.57. The summed E-state index contributed by atoms with van der Waals surface area (Å²) in [5.41, 5.74) is 4.97. The molecular weight excluding hydrogens is 272 g/mol. The van der Waals surface area contributed by atoms with Gasteiger partial charge in [-0.1, -0.05) is 56.5 Å². The number of hydrazone groups is 1. The Morgan fingerprint density at radius 1 is 0.955 bits per heavy atom. The molecule has 116 valence electrons. The topological polar surface area (TPSA) is 33.6 Å². The molecule has 0 heterocycles. The molecule has 0 atom stereocenters. The largest absolute Gasteiger partial charge is 0.493 e. The number of unbranched alkanes of at least 4 members (excludes halogenated alkanes) is 3. The summed E-state index contributed by atoms with van der Waals surface area (Å²) in [6.07, 6.45) is 6.64. The molecule has 0 aromatic heterocycles.